The van der Waals surface area contributed by atoms with Crippen LogP contribution in [-0.2, 0) is 0 Å². The SMILES string of the molecule is C=C(C)/C=C\c1c(C)ccc(O)c1C(=O)NCC1CCC(F)(F)CC1. The second kappa shape index (κ2) is 7.81. The summed E-state index contributed by atoms with van der Waals surface area (Å²) < 4.78 is 26.4. The van der Waals surface area contributed by atoms with Crippen molar-refractivity contribution in [3.8, 4) is 5.75 Å². The van der Waals surface area contributed by atoms with Gasteiger partial charge in [-0.25, -0.2) is 8.78 Å². The number of alkyl halides is 2. The molecule has 1 aliphatic carbocycles. The quantitative estimate of drug-likeness (QED) is 0.747. The van der Waals surface area contributed by atoms with Gasteiger partial charge in [0.25, 0.3) is 5.91 Å². The molecular formula is C20H25F2NO2. The van der Waals surface area contributed by atoms with E-state index in [1.165, 1.54) is 6.07 Å². The van der Waals surface area contributed by atoms with Crippen molar-refractivity contribution in [2.75, 3.05) is 6.54 Å². The molecule has 0 aromatic heterocycles. The third-order valence-corrected chi connectivity index (χ3v) is 4.59. The second-order valence-electron chi connectivity index (χ2n) is 6.88. The van der Waals surface area contributed by atoms with Crippen LogP contribution in [0.4, 0.5) is 8.78 Å². The van der Waals surface area contributed by atoms with Crippen molar-refractivity contribution in [1.82, 2.24) is 5.32 Å². The first-order valence-electron chi connectivity index (χ1n) is 8.52. The molecule has 0 bridgehead atoms. The Kier molecular flexibility index (Phi) is 5.98. The van der Waals surface area contributed by atoms with E-state index < -0.39 is 5.92 Å². The first-order valence-corrected chi connectivity index (χ1v) is 8.52. The monoisotopic (exact) mass is 349 g/mol. The van der Waals surface area contributed by atoms with E-state index in [1.807, 2.05) is 13.8 Å². The molecule has 0 unspecified atom stereocenters. The molecule has 3 nitrogen and oxygen atoms in total. The lowest BCUT2D eigenvalue weighted by Gasteiger charge is -2.28. The molecule has 2 N–H and O–H groups in total. The first kappa shape index (κ1) is 19.2. The number of benzene rings is 1. The van der Waals surface area contributed by atoms with Crippen LogP contribution in [0.2, 0.25) is 0 Å². The maximum Gasteiger partial charge on any atom is 0.255 e. The lowest BCUT2D eigenvalue weighted by Crippen LogP contribution is -2.34. The largest absolute Gasteiger partial charge is 0.507 e. The lowest BCUT2D eigenvalue weighted by molar-refractivity contribution is -0.0452. The van der Waals surface area contributed by atoms with E-state index in [4.69, 9.17) is 0 Å². The van der Waals surface area contributed by atoms with E-state index >= 15 is 0 Å². The van der Waals surface area contributed by atoms with Crippen molar-refractivity contribution in [3.63, 3.8) is 0 Å². The van der Waals surface area contributed by atoms with Crippen LogP contribution in [0.25, 0.3) is 6.08 Å². The Balaban J connectivity index is 2.11. The van der Waals surface area contributed by atoms with Crippen LogP contribution < -0.4 is 5.32 Å². The number of allylic oxidation sites excluding steroid dienone is 2. The lowest BCUT2D eigenvalue weighted by atomic mass is 9.86. The summed E-state index contributed by atoms with van der Waals surface area (Å²) >= 11 is 0. The third kappa shape index (κ3) is 5.15. The zero-order valence-electron chi connectivity index (χ0n) is 14.7. The summed E-state index contributed by atoms with van der Waals surface area (Å²) in [5.41, 5.74) is 2.53. The first-order chi connectivity index (χ1) is 11.7. The molecule has 0 radical (unpaired) electrons. The Morgan fingerprint density at radius 1 is 1.40 bits per heavy atom. The van der Waals surface area contributed by atoms with Gasteiger partial charge in [-0.3, -0.25) is 4.79 Å². The number of halogens is 2. The average Bonchev–Trinajstić information content (AvgIpc) is 2.54. The van der Waals surface area contributed by atoms with E-state index in [0.29, 0.717) is 24.9 Å². The summed E-state index contributed by atoms with van der Waals surface area (Å²) in [6, 6.07) is 3.23. The second-order valence-corrected chi connectivity index (χ2v) is 6.88. The molecule has 136 valence electrons. The van der Waals surface area contributed by atoms with Crippen molar-refractivity contribution in [2.45, 2.75) is 45.5 Å². The molecule has 5 heteroatoms. The fourth-order valence-electron chi connectivity index (χ4n) is 3.02. The fourth-order valence-corrected chi connectivity index (χ4v) is 3.02. The number of aromatic hydroxyl groups is 1. The minimum absolute atomic E-state index is 0.0462. The standard InChI is InChI=1S/C20H25F2NO2/c1-13(2)4-6-16-14(3)5-7-17(24)18(16)19(25)23-12-15-8-10-20(21,22)11-9-15/h4-7,15,24H,1,8-12H2,2-3H3,(H,23,25)/b6-4-. The summed E-state index contributed by atoms with van der Waals surface area (Å²) in [5, 5.41) is 12.9. The highest BCUT2D eigenvalue weighted by atomic mass is 19.3. The molecule has 0 saturated heterocycles. The number of rotatable bonds is 5. The number of aryl methyl sites for hydroxylation is 1. The van der Waals surface area contributed by atoms with Gasteiger partial charge in [-0.2, -0.15) is 0 Å². The Labute approximate surface area is 147 Å². The van der Waals surface area contributed by atoms with E-state index in [0.717, 1.165) is 11.1 Å². The van der Waals surface area contributed by atoms with Crippen molar-refractivity contribution < 1.29 is 18.7 Å². The summed E-state index contributed by atoms with van der Waals surface area (Å²) in [4.78, 5) is 12.6. The van der Waals surface area contributed by atoms with Crippen LogP contribution in [0, 0.1) is 12.8 Å². The van der Waals surface area contributed by atoms with E-state index in [-0.39, 0.29) is 36.0 Å². The Morgan fingerprint density at radius 2 is 2.04 bits per heavy atom. The van der Waals surface area contributed by atoms with Crippen molar-refractivity contribution >= 4 is 12.0 Å². The Bertz CT molecular complexity index is 685. The number of carbonyl (C=O) groups excluding carboxylic acids is 1. The molecule has 1 aromatic rings. The molecular weight excluding hydrogens is 324 g/mol. The topological polar surface area (TPSA) is 49.3 Å². The zero-order chi connectivity index (χ0) is 18.6. The number of nitrogens with one attached hydrogen (secondary N) is 1. The van der Waals surface area contributed by atoms with Gasteiger partial charge in [-0.15, -0.1) is 0 Å². The average molecular weight is 349 g/mol. The molecule has 1 aromatic carbocycles. The molecule has 1 fully saturated rings. The highest BCUT2D eigenvalue weighted by Crippen LogP contribution is 2.36. The van der Waals surface area contributed by atoms with Crippen LogP contribution >= 0.6 is 0 Å². The summed E-state index contributed by atoms with van der Waals surface area (Å²) in [7, 11) is 0. The van der Waals surface area contributed by atoms with Gasteiger partial charge in [0.1, 0.15) is 5.75 Å². The number of hydrogen-bond acceptors (Lipinski definition) is 2. The molecule has 0 aliphatic heterocycles. The predicted octanol–water partition coefficient (Wildman–Crippen LogP) is 4.85. The van der Waals surface area contributed by atoms with E-state index in [2.05, 4.69) is 11.9 Å². The smallest absolute Gasteiger partial charge is 0.255 e. The molecule has 1 aliphatic rings. The van der Waals surface area contributed by atoms with Crippen LogP contribution in [0.1, 0.15) is 54.1 Å². The van der Waals surface area contributed by atoms with Crippen LogP contribution in [-0.4, -0.2) is 23.5 Å². The van der Waals surface area contributed by atoms with Crippen molar-refractivity contribution in [1.29, 1.82) is 0 Å². The molecule has 0 heterocycles. The van der Waals surface area contributed by atoms with Gasteiger partial charge < -0.3 is 10.4 Å². The molecule has 25 heavy (non-hydrogen) atoms. The van der Waals surface area contributed by atoms with Crippen molar-refractivity contribution in [2.24, 2.45) is 5.92 Å². The van der Waals surface area contributed by atoms with Crippen LogP contribution in [0.5, 0.6) is 5.75 Å². The number of hydrogen-bond donors (Lipinski definition) is 2. The number of phenols is 1. The minimum Gasteiger partial charge on any atom is -0.507 e. The maximum absolute atomic E-state index is 13.2. The van der Waals surface area contributed by atoms with Gasteiger partial charge in [0, 0.05) is 19.4 Å². The van der Waals surface area contributed by atoms with Gasteiger partial charge >= 0.3 is 0 Å². The summed E-state index contributed by atoms with van der Waals surface area (Å²) in [6.07, 6.45) is 4.08. The van der Waals surface area contributed by atoms with E-state index in [1.54, 1.807) is 18.2 Å². The maximum atomic E-state index is 13.2. The van der Waals surface area contributed by atoms with Gasteiger partial charge in [0.05, 0.1) is 5.56 Å². The Morgan fingerprint density at radius 3 is 2.64 bits per heavy atom. The predicted molar refractivity (Wildman–Crippen MR) is 95.9 cm³/mol. The number of amides is 1. The normalized spacial score (nSPS) is 17.6. The minimum atomic E-state index is -2.57. The van der Waals surface area contributed by atoms with Gasteiger partial charge in [0.2, 0.25) is 5.92 Å². The zero-order valence-corrected chi connectivity index (χ0v) is 14.7. The molecule has 0 atom stereocenters. The highest BCUT2D eigenvalue weighted by Gasteiger charge is 2.34. The van der Waals surface area contributed by atoms with Crippen LogP contribution in [0.3, 0.4) is 0 Å². The molecule has 0 spiro atoms. The Hall–Kier alpha value is -2.17. The number of phenolic OH excluding ortho intramolecular Hbond substituents is 1. The number of carbonyl (C=O) groups is 1. The molecule has 1 saturated carbocycles. The van der Waals surface area contributed by atoms with Crippen molar-refractivity contribution in [3.05, 3.63) is 47.1 Å². The van der Waals surface area contributed by atoms with E-state index in [9.17, 15) is 18.7 Å². The summed E-state index contributed by atoms with van der Waals surface area (Å²) in [6.45, 7) is 7.83. The highest BCUT2D eigenvalue weighted by molar-refractivity contribution is 6.01. The molecule has 2 rings (SSSR count). The fraction of sp³-hybridized carbons (Fsp3) is 0.450. The molecule has 1 amide bonds. The third-order valence-electron chi connectivity index (χ3n) is 4.59. The summed E-state index contributed by atoms with van der Waals surface area (Å²) in [5.74, 6) is -3.01. The van der Waals surface area contributed by atoms with Gasteiger partial charge in [0.15, 0.2) is 0 Å². The van der Waals surface area contributed by atoms with Crippen LogP contribution in [0.15, 0.2) is 30.4 Å². The van der Waals surface area contributed by atoms with Gasteiger partial charge in [-0.05, 0) is 49.8 Å². The van der Waals surface area contributed by atoms with Gasteiger partial charge in [-0.1, -0.05) is 30.4 Å².